The summed E-state index contributed by atoms with van der Waals surface area (Å²) in [4.78, 5) is 26.0. The Hall–Kier alpha value is -3.63. The number of hydrogen-bond donors (Lipinski definition) is 1. The maximum absolute atomic E-state index is 13.2. The third-order valence-electron chi connectivity index (χ3n) is 5.23. The lowest BCUT2D eigenvalue weighted by Crippen LogP contribution is -2.40. The van der Waals surface area contributed by atoms with Gasteiger partial charge in [0.25, 0.3) is 15.9 Å². The van der Waals surface area contributed by atoms with E-state index in [0.29, 0.717) is 42.7 Å². The number of carbonyl (C=O) groups excluding carboxylic acids is 1. The lowest BCUT2D eigenvalue weighted by molar-refractivity contribution is 0.0285. The molecule has 3 heterocycles. The summed E-state index contributed by atoms with van der Waals surface area (Å²) in [7, 11) is -4.09. The number of furan rings is 1. The standard InChI is InChI=1S/C22H18N2O7S/c25-19-8-5-14-13-15(6-7-17(14)30-19)32(27,28)23-20-16-3-1-2-4-18(16)31-21(20)22(26)24-9-11-29-12-10-24/h1-8,13,23H,9-12H2. The molecule has 0 saturated carbocycles. The average Bonchev–Trinajstić information content (AvgIpc) is 3.16. The summed E-state index contributed by atoms with van der Waals surface area (Å²) in [5, 5.41) is 0.925. The van der Waals surface area contributed by atoms with Crippen LogP contribution in [0.2, 0.25) is 0 Å². The summed E-state index contributed by atoms with van der Waals surface area (Å²) in [5.41, 5.74) is 0.217. The van der Waals surface area contributed by atoms with E-state index in [1.54, 1.807) is 29.2 Å². The van der Waals surface area contributed by atoms with Crippen molar-refractivity contribution in [1.82, 2.24) is 4.90 Å². The number of amides is 1. The number of anilines is 1. The number of rotatable bonds is 4. The summed E-state index contributed by atoms with van der Waals surface area (Å²) in [6.07, 6.45) is 0. The minimum Gasteiger partial charge on any atom is -0.449 e. The van der Waals surface area contributed by atoms with E-state index in [1.807, 2.05) is 0 Å². The second-order valence-corrected chi connectivity index (χ2v) is 8.95. The van der Waals surface area contributed by atoms with E-state index in [4.69, 9.17) is 13.6 Å². The maximum atomic E-state index is 13.2. The fraction of sp³-hybridized carbons (Fsp3) is 0.182. The van der Waals surface area contributed by atoms with Gasteiger partial charge in [-0.15, -0.1) is 0 Å². The van der Waals surface area contributed by atoms with E-state index in [2.05, 4.69) is 4.72 Å². The highest BCUT2D eigenvalue weighted by Crippen LogP contribution is 2.34. The minimum absolute atomic E-state index is 0.0473. The van der Waals surface area contributed by atoms with Gasteiger partial charge in [0.05, 0.1) is 18.1 Å². The van der Waals surface area contributed by atoms with E-state index in [-0.39, 0.29) is 21.9 Å². The molecule has 0 radical (unpaired) electrons. The van der Waals surface area contributed by atoms with E-state index in [0.717, 1.165) is 0 Å². The summed E-state index contributed by atoms with van der Waals surface area (Å²) in [5.74, 6) is -0.494. The Kier molecular flexibility index (Phi) is 4.95. The van der Waals surface area contributed by atoms with E-state index in [9.17, 15) is 18.0 Å². The van der Waals surface area contributed by atoms with Crippen LogP contribution in [0.25, 0.3) is 21.9 Å². The molecule has 0 bridgehead atoms. The number of morpholine rings is 1. The van der Waals surface area contributed by atoms with E-state index >= 15 is 0 Å². The normalized spacial score (nSPS) is 14.7. The van der Waals surface area contributed by atoms with Crippen molar-refractivity contribution < 1.29 is 26.8 Å². The van der Waals surface area contributed by atoms with Crippen molar-refractivity contribution in [2.75, 3.05) is 31.0 Å². The predicted octanol–water partition coefficient (Wildman–Crippen LogP) is 2.81. The van der Waals surface area contributed by atoms with Crippen LogP contribution in [-0.2, 0) is 14.8 Å². The lowest BCUT2D eigenvalue weighted by Gasteiger charge is -2.26. The maximum Gasteiger partial charge on any atom is 0.336 e. The third kappa shape index (κ3) is 3.63. The van der Waals surface area contributed by atoms with Gasteiger partial charge in [0.15, 0.2) is 0 Å². The molecule has 0 spiro atoms. The highest BCUT2D eigenvalue weighted by Gasteiger charge is 2.29. The lowest BCUT2D eigenvalue weighted by atomic mass is 10.2. The molecule has 1 aliphatic rings. The molecule has 0 aliphatic carbocycles. The molecule has 2 aromatic carbocycles. The number of ether oxygens (including phenoxy) is 1. The van der Waals surface area contributed by atoms with Crippen LogP contribution in [0, 0.1) is 0 Å². The first-order valence-corrected chi connectivity index (χ1v) is 11.4. The fourth-order valence-corrected chi connectivity index (χ4v) is 4.74. The molecule has 1 aliphatic heterocycles. The molecule has 0 unspecified atom stereocenters. The van der Waals surface area contributed by atoms with Gasteiger partial charge in [-0.05, 0) is 36.4 Å². The largest absolute Gasteiger partial charge is 0.449 e. The third-order valence-corrected chi connectivity index (χ3v) is 6.57. The van der Waals surface area contributed by atoms with Gasteiger partial charge < -0.3 is 18.5 Å². The highest BCUT2D eigenvalue weighted by atomic mass is 32.2. The fourth-order valence-electron chi connectivity index (χ4n) is 3.62. The zero-order valence-electron chi connectivity index (χ0n) is 16.7. The Bertz CT molecular complexity index is 1500. The minimum atomic E-state index is -4.09. The van der Waals surface area contributed by atoms with Crippen molar-refractivity contribution in [2.24, 2.45) is 0 Å². The van der Waals surface area contributed by atoms with Gasteiger partial charge >= 0.3 is 5.63 Å². The first-order valence-electron chi connectivity index (χ1n) is 9.88. The topological polar surface area (TPSA) is 119 Å². The van der Waals surface area contributed by atoms with Gasteiger partial charge in [-0.2, -0.15) is 0 Å². The number of para-hydroxylation sites is 1. The predicted molar refractivity (Wildman–Crippen MR) is 116 cm³/mol. The van der Waals surface area contributed by atoms with Crippen LogP contribution in [-0.4, -0.2) is 45.5 Å². The summed E-state index contributed by atoms with van der Waals surface area (Å²) in [6, 6.07) is 13.7. The Labute approximate surface area is 182 Å². The van der Waals surface area contributed by atoms with Crippen molar-refractivity contribution in [2.45, 2.75) is 4.90 Å². The van der Waals surface area contributed by atoms with Gasteiger partial charge in [0, 0.05) is 29.9 Å². The molecule has 1 N–H and O–H groups in total. The van der Waals surface area contributed by atoms with Gasteiger partial charge in [0.2, 0.25) is 5.76 Å². The molecule has 1 amide bonds. The van der Waals surface area contributed by atoms with Crippen LogP contribution in [0.1, 0.15) is 10.6 Å². The molecule has 2 aromatic heterocycles. The van der Waals surface area contributed by atoms with Crippen molar-refractivity contribution >= 4 is 43.6 Å². The number of hydrogen-bond acceptors (Lipinski definition) is 7. The Morgan fingerprint density at radius 1 is 0.938 bits per heavy atom. The molecule has 9 nitrogen and oxygen atoms in total. The Balaban J connectivity index is 1.57. The SMILES string of the molecule is O=C(c1oc2ccccc2c1NS(=O)(=O)c1ccc2oc(=O)ccc2c1)N1CCOCC1. The van der Waals surface area contributed by atoms with Crippen LogP contribution in [0.5, 0.6) is 0 Å². The molecule has 1 saturated heterocycles. The van der Waals surface area contributed by atoms with Crippen LogP contribution in [0.4, 0.5) is 5.69 Å². The number of sulfonamides is 1. The zero-order chi connectivity index (χ0) is 22.3. The molecular weight excluding hydrogens is 436 g/mol. The molecule has 4 aromatic rings. The number of benzene rings is 2. The van der Waals surface area contributed by atoms with Crippen molar-refractivity contribution in [3.63, 3.8) is 0 Å². The number of nitrogens with zero attached hydrogens (tertiary/aromatic N) is 1. The summed E-state index contributed by atoms with van der Waals surface area (Å²) >= 11 is 0. The monoisotopic (exact) mass is 454 g/mol. The van der Waals surface area contributed by atoms with Crippen LogP contribution >= 0.6 is 0 Å². The van der Waals surface area contributed by atoms with Gasteiger partial charge in [-0.1, -0.05) is 12.1 Å². The summed E-state index contributed by atoms with van der Waals surface area (Å²) < 4.78 is 45.1. The van der Waals surface area contributed by atoms with E-state index in [1.165, 1.54) is 30.3 Å². The molecule has 10 heteroatoms. The second kappa shape index (κ2) is 7.81. The molecule has 1 fully saturated rings. The smallest absolute Gasteiger partial charge is 0.336 e. The average molecular weight is 454 g/mol. The van der Waals surface area contributed by atoms with E-state index < -0.39 is 21.6 Å². The number of fused-ring (bicyclic) bond motifs is 2. The van der Waals surface area contributed by atoms with Crippen LogP contribution in [0.15, 0.2) is 73.1 Å². The molecule has 164 valence electrons. The first-order chi connectivity index (χ1) is 15.4. The second-order valence-electron chi connectivity index (χ2n) is 7.27. The highest BCUT2D eigenvalue weighted by molar-refractivity contribution is 7.92. The first kappa shape index (κ1) is 20.3. The zero-order valence-corrected chi connectivity index (χ0v) is 17.6. The number of carbonyl (C=O) groups is 1. The van der Waals surface area contributed by atoms with Crippen LogP contribution in [0.3, 0.4) is 0 Å². The van der Waals surface area contributed by atoms with Gasteiger partial charge in [0.1, 0.15) is 16.9 Å². The quantitative estimate of drug-likeness (QED) is 0.471. The molecule has 32 heavy (non-hydrogen) atoms. The Morgan fingerprint density at radius 2 is 1.72 bits per heavy atom. The molecule has 0 atom stereocenters. The van der Waals surface area contributed by atoms with Gasteiger partial charge in [-0.25, -0.2) is 13.2 Å². The van der Waals surface area contributed by atoms with Crippen LogP contribution < -0.4 is 10.3 Å². The summed E-state index contributed by atoms with van der Waals surface area (Å²) in [6.45, 7) is 1.58. The van der Waals surface area contributed by atoms with Crippen molar-refractivity contribution in [3.8, 4) is 0 Å². The van der Waals surface area contributed by atoms with Crippen molar-refractivity contribution in [1.29, 1.82) is 0 Å². The molecular formula is C22H18N2O7S. The molecule has 5 rings (SSSR count). The van der Waals surface area contributed by atoms with Crippen molar-refractivity contribution in [3.05, 3.63) is 70.8 Å². The van der Waals surface area contributed by atoms with Gasteiger partial charge in [-0.3, -0.25) is 9.52 Å². The number of nitrogens with one attached hydrogen (secondary N) is 1. The Morgan fingerprint density at radius 3 is 2.53 bits per heavy atom.